The van der Waals surface area contributed by atoms with E-state index in [-0.39, 0.29) is 20.7 Å². The first kappa shape index (κ1) is 19.7. The maximum atomic E-state index is 12.8. The maximum Gasteiger partial charge on any atom is 0.186 e. The van der Waals surface area contributed by atoms with Gasteiger partial charge in [0.2, 0.25) is 0 Å². The summed E-state index contributed by atoms with van der Waals surface area (Å²) in [5.41, 5.74) is 1.19. The van der Waals surface area contributed by atoms with Gasteiger partial charge in [-0.1, -0.05) is 33.6 Å². The fourth-order valence-corrected chi connectivity index (χ4v) is 5.92. The maximum absolute atomic E-state index is 12.8. The first-order chi connectivity index (χ1) is 12.0. The van der Waals surface area contributed by atoms with Crippen molar-refractivity contribution in [2.24, 2.45) is 0 Å². The van der Waals surface area contributed by atoms with Gasteiger partial charge in [0, 0.05) is 10.7 Å². The predicted molar refractivity (Wildman–Crippen MR) is 103 cm³/mol. The van der Waals surface area contributed by atoms with Gasteiger partial charge in [0.05, 0.1) is 15.7 Å². The van der Waals surface area contributed by atoms with E-state index in [1.807, 2.05) is 0 Å². The molecule has 0 unspecified atom stereocenters. The van der Waals surface area contributed by atoms with E-state index in [4.69, 9.17) is 11.6 Å². The van der Waals surface area contributed by atoms with Crippen LogP contribution in [0.1, 0.15) is 29.9 Å². The number of rotatable bonds is 5. The highest BCUT2D eigenvalue weighted by Gasteiger charge is 2.27. The van der Waals surface area contributed by atoms with Crippen molar-refractivity contribution in [3.63, 3.8) is 0 Å². The molecule has 2 aromatic rings. The summed E-state index contributed by atoms with van der Waals surface area (Å²) in [6.07, 6.45) is 3.01. The molecule has 0 aliphatic heterocycles. The third kappa shape index (κ3) is 4.24. The minimum absolute atomic E-state index is 0.0819. The number of sulfone groups is 2. The van der Waals surface area contributed by atoms with E-state index in [0.29, 0.717) is 10.0 Å². The lowest BCUT2D eigenvalue weighted by atomic mass is 10.1. The lowest BCUT2D eigenvalue weighted by molar-refractivity contribution is 0.459. The summed E-state index contributed by atoms with van der Waals surface area (Å²) >= 11 is 9.03. The zero-order chi connectivity index (χ0) is 19.3. The molecule has 0 atom stereocenters. The van der Waals surface area contributed by atoms with Crippen molar-refractivity contribution >= 4 is 47.2 Å². The largest absolute Gasteiger partial charge is 0.505 e. The van der Waals surface area contributed by atoms with Gasteiger partial charge in [-0.2, -0.15) is 0 Å². The molecule has 0 amide bonds. The number of hydrogen-bond acceptors (Lipinski definition) is 5. The van der Waals surface area contributed by atoms with Gasteiger partial charge in [-0.15, -0.1) is 0 Å². The highest BCUT2D eigenvalue weighted by Crippen LogP contribution is 2.42. The van der Waals surface area contributed by atoms with E-state index < -0.39 is 31.2 Å². The molecule has 0 spiro atoms. The van der Waals surface area contributed by atoms with Crippen molar-refractivity contribution in [1.29, 1.82) is 0 Å². The van der Waals surface area contributed by atoms with Crippen LogP contribution in [-0.4, -0.2) is 28.2 Å². The van der Waals surface area contributed by atoms with Crippen molar-refractivity contribution in [1.82, 2.24) is 0 Å². The molecule has 1 N–H and O–H groups in total. The number of phenols is 1. The molecule has 5 nitrogen and oxygen atoms in total. The summed E-state index contributed by atoms with van der Waals surface area (Å²) in [5.74, 6) is -0.681. The molecule has 3 rings (SSSR count). The molecule has 0 saturated heterocycles. The number of phenolic OH excluding ortho intramolecular Hbond substituents is 1. The standard InChI is InChI=1S/C17H16BrClO5S2/c1-25(21,22)14-5-10(4-12(6-14)11-2-3-11)9-26(23,24)16-8-13(18)7-15(19)17(16)20/h4-8,11,20H,2-3,9H2,1H3. The fourth-order valence-electron chi connectivity index (χ4n) is 2.71. The van der Waals surface area contributed by atoms with Gasteiger partial charge < -0.3 is 5.11 Å². The Balaban J connectivity index is 2.07. The van der Waals surface area contributed by atoms with E-state index in [2.05, 4.69) is 15.9 Å². The van der Waals surface area contributed by atoms with Gasteiger partial charge in [-0.25, -0.2) is 16.8 Å². The second kappa shape index (κ2) is 6.82. The molecule has 0 bridgehead atoms. The van der Waals surface area contributed by atoms with Crippen molar-refractivity contribution in [3.8, 4) is 5.75 Å². The molecule has 1 aliphatic rings. The molecule has 2 aromatic carbocycles. The van der Waals surface area contributed by atoms with Gasteiger partial charge in [0.15, 0.2) is 25.4 Å². The number of benzene rings is 2. The van der Waals surface area contributed by atoms with Crippen molar-refractivity contribution in [2.75, 3.05) is 6.26 Å². The molecule has 26 heavy (non-hydrogen) atoms. The molecular formula is C17H16BrClO5S2. The smallest absolute Gasteiger partial charge is 0.186 e. The second-order valence-corrected chi connectivity index (χ2v) is 11.7. The summed E-state index contributed by atoms with van der Waals surface area (Å²) in [6, 6.07) is 7.37. The van der Waals surface area contributed by atoms with E-state index in [1.54, 1.807) is 12.1 Å². The summed E-state index contributed by atoms with van der Waals surface area (Å²) in [4.78, 5) is -0.196. The van der Waals surface area contributed by atoms with Crippen LogP contribution in [0.5, 0.6) is 5.75 Å². The van der Waals surface area contributed by atoms with Gasteiger partial charge in [-0.05, 0) is 54.2 Å². The van der Waals surface area contributed by atoms with E-state index >= 15 is 0 Å². The monoisotopic (exact) mass is 478 g/mol. The zero-order valence-electron chi connectivity index (χ0n) is 13.7. The summed E-state index contributed by atoms with van der Waals surface area (Å²) in [5, 5.41) is 9.96. The average Bonchev–Trinajstić information content (AvgIpc) is 3.34. The molecule has 1 aliphatic carbocycles. The predicted octanol–water partition coefficient (Wildman–Crippen LogP) is 4.06. The molecule has 0 radical (unpaired) electrons. The van der Waals surface area contributed by atoms with Crippen LogP contribution in [0.2, 0.25) is 5.02 Å². The van der Waals surface area contributed by atoms with Crippen LogP contribution in [0, 0.1) is 0 Å². The van der Waals surface area contributed by atoms with Crippen LogP contribution < -0.4 is 0 Å². The summed E-state index contributed by atoms with van der Waals surface area (Å²) < 4.78 is 49.9. The SMILES string of the molecule is CS(=O)(=O)c1cc(CS(=O)(=O)c2cc(Br)cc(Cl)c2O)cc(C2CC2)c1. The van der Waals surface area contributed by atoms with Gasteiger partial charge in [-0.3, -0.25) is 0 Å². The Hall–Kier alpha value is -1.09. The minimum Gasteiger partial charge on any atom is -0.505 e. The quantitative estimate of drug-likeness (QED) is 0.698. The summed E-state index contributed by atoms with van der Waals surface area (Å²) in [6.45, 7) is 0. The lowest BCUT2D eigenvalue weighted by Gasteiger charge is -2.11. The van der Waals surface area contributed by atoms with Crippen molar-refractivity contribution < 1.29 is 21.9 Å². The molecule has 0 heterocycles. The average molecular weight is 480 g/mol. The molecule has 140 valence electrons. The molecule has 9 heteroatoms. The third-order valence-corrected chi connectivity index (χ3v) is 7.68. The van der Waals surface area contributed by atoms with Crippen LogP contribution in [-0.2, 0) is 25.4 Å². The second-order valence-electron chi connectivity index (χ2n) is 6.45. The normalized spacial score (nSPS) is 15.2. The number of aromatic hydroxyl groups is 1. The highest BCUT2D eigenvalue weighted by molar-refractivity contribution is 9.10. The highest BCUT2D eigenvalue weighted by atomic mass is 79.9. The lowest BCUT2D eigenvalue weighted by Crippen LogP contribution is -2.08. The topological polar surface area (TPSA) is 88.5 Å². The van der Waals surface area contributed by atoms with E-state index in [1.165, 1.54) is 18.2 Å². The Kier molecular flexibility index (Phi) is 5.16. The van der Waals surface area contributed by atoms with Crippen LogP contribution >= 0.6 is 27.5 Å². The third-order valence-electron chi connectivity index (χ3n) is 4.15. The fraction of sp³-hybridized carbons (Fsp3) is 0.294. The Morgan fingerprint density at radius 3 is 2.35 bits per heavy atom. The molecule has 1 saturated carbocycles. The Morgan fingerprint density at radius 2 is 1.77 bits per heavy atom. The first-order valence-electron chi connectivity index (χ1n) is 7.72. The number of halogens is 2. The van der Waals surface area contributed by atoms with Crippen LogP contribution in [0.25, 0.3) is 0 Å². The summed E-state index contributed by atoms with van der Waals surface area (Å²) in [7, 11) is -7.40. The van der Waals surface area contributed by atoms with Crippen LogP contribution in [0.3, 0.4) is 0 Å². The van der Waals surface area contributed by atoms with Gasteiger partial charge in [0.25, 0.3) is 0 Å². The van der Waals surface area contributed by atoms with Gasteiger partial charge in [0.1, 0.15) is 4.90 Å². The molecular weight excluding hydrogens is 464 g/mol. The van der Waals surface area contributed by atoms with E-state index in [9.17, 15) is 21.9 Å². The molecule has 1 fully saturated rings. The minimum atomic E-state index is -3.93. The molecule has 0 aromatic heterocycles. The van der Waals surface area contributed by atoms with Crippen LogP contribution in [0.15, 0.2) is 44.6 Å². The zero-order valence-corrected chi connectivity index (χ0v) is 17.7. The van der Waals surface area contributed by atoms with Crippen LogP contribution in [0.4, 0.5) is 0 Å². The van der Waals surface area contributed by atoms with Crippen molar-refractivity contribution in [2.45, 2.75) is 34.3 Å². The Morgan fingerprint density at radius 1 is 1.12 bits per heavy atom. The van der Waals surface area contributed by atoms with Gasteiger partial charge >= 0.3 is 0 Å². The number of hydrogen-bond donors (Lipinski definition) is 1. The van der Waals surface area contributed by atoms with Crippen molar-refractivity contribution in [3.05, 3.63) is 51.0 Å². The Bertz CT molecular complexity index is 1090. The Labute approximate surface area is 166 Å². The first-order valence-corrected chi connectivity index (χ1v) is 12.4. The van der Waals surface area contributed by atoms with E-state index in [0.717, 1.165) is 24.7 Å².